The van der Waals surface area contributed by atoms with Gasteiger partial charge in [0.1, 0.15) is 6.10 Å². The first kappa shape index (κ1) is 15.6. The molecular weight excluding hydrogens is 318 g/mol. The van der Waals surface area contributed by atoms with Crippen LogP contribution in [0.15, 0.2) is 42.6 Å². The third-order valence-corrected chi connectivity index (χ3v) is 4.86. The second-order valence-corrected chi connectivity index (χ2v) is 6.46. The van der Waals surface area contributed by atoms with Crippen molar-refractivity contribution in [2.24, 2.45) is 0 Å². The van der Waals surface area contributed by atoms with Gasteiger partial charge in [0.25, 0.3) is 11.8 Å². The molecule has 6 nitrogen and oxygen atoms in total. The van der Waals surface area contributed by atoms with Crippen LogP contribution >= 0.6 is 0 Å². The Bertz CT molecular complexity index is 784. The molecule has 1 fully saturated rings. The summed E-state index contributed by atoms with van der Waals surface area (Å²) in [5.41, 5.74) is 7.17. The second-order valence-electron chi connectivity index (χ2n) is 6.46. The fraction of sp³-hybridized carbons (Fsp3) is 0.316. The molecule has 2 aliphatic rings. The van der Waals surface area contributed by atoms with Crippen LogP contribution in [0.3, 0.4) is 0 Å². The van der Waals surface area contributed by atoms with E-state index in [1.165, 1.54) is 11.1 Å². The van der Waals surface area contributed by atoms with Gasteiger partial charge in [-0.25, -0.2) is 4.98 Å². The molecule has 2 atom stereocenters. The van der Waals surface area contributed by atoms with E-state index in [2.05, 4.69) is 4.98 Å². The molecule has 1 aliphatic heterocycles. The summed E-state index contributed by atoms with van der Waals surface area (Å²) in [6, 6.07) is 10.1. The Kier molecular flexibility index (Phi) is 3.87. The molecule has 128 valence electrons. The van der Waals surface area contributed by atoms with Crippen molar-refractivity contribution in [2.45, 2.75) is 37.8 Å². The smallest absolute Gasteiger partial charge is 0.261 e. The zero-order chi connectivity index (χ0) is 17.4. The average molecular weight is 337 g/mol. The van der Waals surface area contributed by atoms with Gasteiger partial charge >= 0.3 is 0 Å². The zero-order valence-corrected chi connectivity index (χ0v) is 13.7. The molecule has 25 heavy (non-hydrogen) atoms. The highest BCUT2D eigenvalue weighted by Gasteiger charge is 2.44. The van der Waals surface area contributed by atoms with Gasteiger partial charge in [-0.05, 0) is 37.5 Å². The molecule has 2 heterocycles. The number of carbonyl (C=O) groups excluding carboxylic acids is 2. The van der Waals surface area contributed by atoms with E-state index in [1.807, 2.05) is 0 Å². The third kappa shape index (κ3) is 2.73. The van der Waals surface area contributed by atoms with Gasteiger partial charge < -0.3 is 10.5 Å². The minimum Gasteiger partial charge on any atom is -0.472 e. The fourth-order valence-electron chi connectivity index (χ4n) is 3.64. The van der Waals surface area contributed by atoms with Crippen LogP contribution in [0.4, 0.5) is 5.69 Å². The Morgan fingerprint density at radius 3 is 2.32 bits per heavy atom. The number of hydrogen-bond donors (Lipinski definition) is 1. The number of nitrogen functional groups attached to an aromatic ring is 1. The van der Waals surface area contributed by atoms with Gasteiger partial charge in [0, 0.05) is 6.07 Å². The number of nitrogens with two attached hydrogens (primary N) is 1. The number of anilines is 1. The number of imide groups is 1. The summed E-state index contributed by atoms with van der Waals surface area (Å²) in [6.45, 7) is 0. The van der Waals surface area contributed by atoms with Crippen LogP contribution in [0.1, 0.15) is 46.4 Å². The van der Waals surface area contributed by atoms with Crippen LogP contribution in [0.2, 0.25) is 0 Å². The van der Waals surface area contributed by atoms with Crippen molar-refractivity contribution in [3.8, 4) is 5.88 Å². The number of ether oxygens (including phenoxy) is 1. The molecule has 4 rings (SSSR count). The number of pyridine rings is 1. The number of fused-ring (bicyclic) bond motifs is 1. The van der Waals surface area contributed by atoms with Crippen molar-refractivity contribution in [2.75, 3.05) is 5.73 Å². The minimum atomic E-state index is -0.277. The lowest BCUT2D eigenvalue weighted by Crippen LogP contribution is -2.50. The van der Waals surface area contributed by atoms with Crippen molar-refractivity contribution in [1.29, 1.82) is 0 Å². The summed E-state index contributed by atoms with van der Waals surface area (Å²) >= 11 is 0. The molecule has 1 aliphatic carbocycles. The molecule has 2 aromatic rings. The van der Waals surface area contributed by atoms with Crippen LogP contribution in [0.5, 0.6) is 5.88 Å². The summed E-state index contributed by atoms with van der Waals surface area (Å²) in [7, 11) is 0. The monoisotopic (exact) mass is 337 g/mol. The Balaban J connectivity index is 1.60. The minimum absolute atomic E-state index is 0.230. The number of carbonyl (C=O) groups is 2. The molecule has 0 radical (unpaired) electrons. The van der Waals surface area contributed by atoms with Crippen molar-refractivity contribution >= 4 is 17.5 Å². The molecule has 0 bridgehead atoms. The topological polar surface area (TPSA) is 85.5 Å². The molecule has 1 saturated carbocycles. The van der Waals surface area contributed by atoms with Crippen LogP contribution in [-0.4, -0.2) is 33.8 Å². The SMILES string of the molecule is Nc1ccc(O[C@@H]2CCCC[C@H]2N2C(=O)c3ccccc3C2=O)nc1. The highest BCUT2D eigenvalue weighted by atomic mass is 16.5. The molecule has 2 N–H and O–H groups in total. The lowest BCUT2D eigenvalue weighted by Gasteiger charge is -2.36. The lowest BCUT2D eigenvalue weighted by molar-refractivity contribution is 0.0274. The maximum Gasteiger partial charge on any atom is 0.261 e. The summed E-state index contributed by atoms with van der Waals surface area (Å²) in [5, 5.41) is 0. The normalized spacial score (nSPS) is 22.8. The predicted octanol–water partition coefficient (Wildman–Crippen LogP) is 2.65. The molecule has 0 unspecified atom stereocenters. The summed E-state index contributed by atoms with van der Waals surface area (Å²) < 4.78 is 6.02. The van der Waals surface area contributed by atoms with Crippen molar-refractivity contribution < 1.29 is 14.3 Å². The Morgan fingerprint density at radius 1 is 1.00 bits per heavy atom. The van der Waals surface area contributed by atoms with E-state index >= 15 is 0 Å². The number of aromatic nitrogens is 1. The zero-order valence-electron chi connectivity index (χ0n) is 13.7. The van der Waals surface area contributed by atoms with Crippen molar-refractivity contribution in [1.82, 2.24) is 9.88 Å². The maximum absolute atomic E-state index is 12.8. The average Bonchev–Trinajstić information content (AvgIpc) is 2.89. The maximum atomic E-state index is 12.8. The fourth-order valence-corrected chi connectivity index (χ4v) is 3.64. The Morgan fingerprint density at radius 2 is 1.68 bits per heavy atom. The predicted molar refractivity (Wildman–Crippen MR) is 92.3 cm³/mol. The number of rotatable bonds is 3. The number of hydrogen-bond acceptors (Lipinski definition) is 5. The molecule has 6 heteroatoms. The van der Waals surface area contributed by atoms with Crippen LogP contribution in [-0.2, 0) is 0 Å². The van der Waals surface area contributed by atoms with Gasteiger partial charge in [-0.2, -0.15) is 0 Å². The van der Waals surface area contributed by atoms with E-state index < -0.39 is 0 Å². The highest BCUT2D eigenvalue weighted by molar-refractivity contribution is 6.21. The number of amides is 2. The second kappa shape index (κ2) is 6.20. The largest absolute Gasteiger partial charge is 0.472 e. The molecule has 0 spiro atoms. The molecule has 1 aromatic carbocycles. The van der Waals surface area contributed by atoms with Crippen LogP contribution in [0, 0.1) is 0 Å². The van der Waals surface area contributed by atoms with Crippen molar-refractivity contribution in [3.05, 3.63) is 53.7 Å². The van der Waals surface area contributed by atoms with E-state index in [1.54, 1.807) is 36.4 Å². The van der Waals surface area contributed by atoms with Crippen LogP contribution < -0.4 is 10.5 Å². The van der Waals surface area contributed by atoms with E-state index in [0.717, 1.165) is 25.7 Å². The van der Waals surface area contributed by atoms with Gasteiger partial charge in [0.15, 0.2) is 0 Å². The third-order valence-electron chi connectivity index (χ3n) is 4.86. The summed E-state index contributed by atoms with van der Waals surface area (Å²) in [6.07, 6.45) is 4.77. The van der Waals surface area contributed by atoms with E-state index in [0.29, 0.717) is 22.7 Å². The summed E-state index contributed by atoms with van der Waals surface area (Å²) in [4.78, 5) is 31.1. The Labute approximate surface area is 145 Å². The van der Waals surface area contributed by atoms with Gasteiger partial charge in [0.2, 0.25) is 5.88 Å². The van der Waals surface area contributed by atoms with Gasteiger partial charge in [0.05, 0.1) is 29.1 Å². The van der Waals surface area contributed by atoms with Gasteiger partial charge in [-0.3, -0.25) is 14.5 Å². The Hall–Kier alpha value is -2.89. The quantitative estimate of drug-likeness (QED) is 0.870. The first-order valence-electron chi connectivity index (χ1n) is 8.50. The highest BCUT2D eigenvalue weighted by Crippen LogP contribution is 2.32. The molecule has 1 aromatic heterocycles. The first-order chi connectivity index (χ1) is 12.1. The standard InChI is InChI=1S/C19H19N3O3/c20-12-9-10-17(21-11-12)25-16-8-4-3-7-15(16)22-18(23)13-5-1-2-6-14(13)19(22)24/h1-2,5-6,9-11,15-16H,3-4,7-8,20H2/t15-,16-/m1/s1. The first-order valence-corrected chi connectivity index (χ1v) is 8.50. The van der Waals surface area contributed by atoms with Gasteiger partial charge in [-0.1, -0.05) is 18.6 Å². The molecular formula is C19H19N3O3. The van der Waals surface area contributed by atoms with E-state index in [9.17, 15) is 9.59 Å². The summed E-state index contributed by atoms with van der Waals surface area (Å²) in [5.74, 6) is 0.000407. The number of benzene rings is 1. The van der Waals surface area contributed by atoms with Crippen LogP contribution in [0.25, 0.3) is 0 Å². The molecule has 0 saturated heterocycles. The van der Waals surface area contributed by atoms with E-state index in [-0.39, 0.29) is 24.0 Å². The van der Waals surface area contributed by atoms with Crippen molar-refractivity contribution in [3.63, 3.8) is 0 Å². The van der Waals surface area contributed by atoms with Gasteiger partial charge in [-0.15, -0.1) is 0 Å². The van der Waals surface area contributed by atoms with E-state index in [4.69, 9.17) is 10.5 Å². The number of nitrogens with zero attached hydrogens (tertiary/aromatic N) is 2. The lowest BCUT2D eigenvalue weighted by atomic mass is 9.91. The molecule has 2 amide bonds.